The molecule has 0 spiro atoms. The largest absolute Gasteiger partial charge is 0.423 e. The summed E-state index contributed by atoms with van der Waals surface area (Å²) in [4.78, 5) is 6.39. The van der Waals surface area contributed by atoms with Crippen LogP contribution >= 0.6 is 0 Å². The second-order valence-corrected chi connectivity index (χ2v) is 4.64. The first-order valence-corrected chi connectivity index (χ1v) is 6.59. The van der Waals surface area contributed by atoms with E-state index in [0.717, 1.165) is 16.7 Å². The zero-order valence-corrected chi connectivity index (χ0v) is 11.6. The normalized spacial score (nSPS) is 11.3. The lowest BCUT2D eigenvalue weighted by atomic mass is 10.1. The fourth-order valence-corrected chi connectivity index (χ4v) is 2.16. The van der Waals surface area contributed by atoms with Crippen LogP contribution in [0.5, 0.6) is 0 Å². The second kappa shape index (κ2) is 5.21. The molecule has 100 valence electrons. The maximum Gasteiger partial charge on any atom is 0.302 e. The standard InChI is InChI=1S/C17H16N2O/c1-3-11-19(2)17-18-15-12-14(9-10-16(15)20-17)13-7-5-4-6-8-13/h3-12H,1-2H3/b11-3-. The summed E-state index contributed by atoms with van der Waals surface area (Å²) in [6.07, 6.45) is 3.87. The monoisotopic (exact) mass is 264 g/mol. The Hall–Kier alpha value is -2.55. The molecule has 0 saturated carbocycles. The van der Waals surface area contributed by atoms with Crippen molar-refractivity contribution < 1.29 is 4.42 Å². The molecule has 1 heterocycles. The van der Waals surface area contributed by atoms with Crippen LogP contribution < -0.4 is 4.90 Å². The van der Waals surface area contributed by atoms with E-state index in [1.165, 1.54) is 5.56 Å². The van der Waals surface area contributed by atoms with Crippen LogP contribution in [0.2, 0.25) is 0 Å². The van der Waals surface area contributed by atoms with E-state index in [1.54, 1.807) is 0 Å². The fourth-order valence-electron chi connectivity index (χ4n) is 2.16. The Morgan fingerprint density at radius 2 is 1.85 bits per heavy atom. The van der Waals surface area contributed by atoms with Crippen molar-refractivity contribution in [2.75, 3.05) is 11.9 Å². The molecule has 0 atom stereocenters. The van der Waals surface area contributed by atoms with Crippen LogP contribution in [-0.2, 0) is 0 Å². The molecular formula is C17H16N2O. The van der Waals surface area contributed by atoms with Crippen molar-refractivity contribution in [3.63, 3.8) is 0 Å². The number of hydrogen-bond acceptors (Lipinski definition) is 3. The van der Waals surface area contributed by atoms with Gasteiger partial charge in [0.05, 0.1) is 0 Å². The molecule has 0 bridgehead atoms. The lowest BCUT2D eigenvalue weighted by Crippen LogP contribution is -2.07. The van der Waals surface area contributed by atoms with Crippen molar-refractivity contribution in [2.45, 2.75) is 6.92 Å². The molecule has 0 saturated heterocycles. The number of fused-ring (bicyclic) bond motifs is 1. The molecule has 0 aliphatic rings. The van der Waals surface area contributed by atoms with Gasteiger partial charge in [-0.2, -0.15) is 4.98 Å². The summed E-state index contributed by atoms with van der Waals surface area (Å²) in [5, 5.41) is 0. The molecular weight excluding hydrogens is 248 g/mol. The smallest absolute Gasteiger partial charge is 0.302 e. The minimum absolute atomic E-state index is 0.600. The van der Waals surface area contributed by atoms with Crippen LogP contribution in [0, 0.1) is 0 Å². The minimum Gasteiger partial charge on any atom is -0.423 e. The van der Waals surface area contributed by atoms with Crippen LogP contribution in [-0.4, -0.2) is 12.0 Å². The lowest BCUT2D eigenvalue weighted by Gasteiger charge is -2.05. The lowest BCUT2D eigenvalue weighted by molar-refractivity contribution is 0.602. The van der Waals surface area contributed by atoms with Crippen molar-refractivity contribution in [3.8, 4) is 11.1 Å². The van der Waals surface area contributed by atoms with Crippen molar-refractivity contribution in [2.24, 2.45) is 0 Å². The second-order valence-electron chi connectivity index (χ2n) is 4.64. The average Bonchev–Trinajstić information content (AvgIpc) is 2.91. The molecule has 1 aromatic heterocycles. The van der Waals surface area contributed by atoms with Crippen molar-refractivity contribution in [1.29, 1.82) is 0 Å². The summed E-state index contributed by atoms with van der Waals surface area (Å²) < 4.78 is 5.74. The van der Waals surface area contributed by atoms with Crippen LogP contribution in [0.4, 0.5) is 6.01 Å². The van der Waals surface area contributed by atoms with Gasteiger partial charge in [-0.15, -0.1) is 0 Å². The highest BCUT2D eigenvalue weighted by atomic mass is 16.4. The highest BCUT2D eigenvalue weighted by Gasteiger charge is 2.09. The third kappa shape index (κ3) is 2.30. The summed E-state index contributed by atoms with van der Waals surface area (Å²) in [6, 6.07) is 17.0. The fraction of sp³-hybridized carbons (Fsp3) is 0.118. The van der Waals surface area contributed by atoms with E-state index in [2.05, 4.69) is 29.2 Å². The highest BCUT2D eigenvalue weighted by Crippen LogP contribution is 2.27. The van der Waals surface area contributed by atoms with E-state index >= 15 is 0 Å². The van der Waals surface area contributed by atoms with Gasteiger partial charge in [0.1, 0.15) is 5.52 Å². The molecule has 2 aromatic carbocycles. The average molecular weight is 264 g/mol. The Morgan fingerprint density at radius 1 is 1.05 bits per heavy atom. The van der Waals surface area contributed by atoms with Crippen molar-refractivity contribution in [3.05, 3.63) is 60.8 Å². The number of allylic oxidation sites excluding steroid dienone is 1. The van der Waals surface area contributed by atoms with E-state index in [0.29, 0.717) is 6.01 Å². The first kappa shape index (κ1) is 12.5. The van der Waals surface area contributed by atoms with Gasteiger partial charge in [0, 0.05) is 13.2 Å². The zero-order chi connectivity index (χ0) is 13.9. The van der Waals surface area contributed by atoms with Crippen LogP contribution in [0.1, 0.15) is 6.92 Å². The zero-order valence-electron chi connectivity index (χ0n) is 11.6. The predicted octanol–water partition coefficient (Wildman–Crippen LogP) is 4.46. The quantitative estimate of drug-likeness (QED) is 0.699. The summed E-state index contributed by atoms with van der Waals surface area (Å²) in [6.45, 7) is 1.96. The van der Waals surface area contributed by atoms with Crippen molar-refractivity contribution in [1.82, 2.24) is 4.98 Å². The molecule has 20 heavy (non-hydrogen) atoms. The number of benzene rings is 2. The van der Waals surface area contributed by atoms with E-state index in [4.69, 9.17) is 4.42 Å². The molecule has 3 nitrogen and oxygen atoms in total. The van der Waals surface area contributed by atoms with Crippen LogP contribution in [0.3, 0.4) is 0 Å². The third-order valence-corrected chi connectivity index (χ3v) is 3.16. The molecule has 3 aromatic rings. The van der Waals surface area contributed by atoms with E-state index in [9.17, 15) is 0 Å². The number of aromatic nitrogens is 1. The van der Waals surface area contributed by atoms with Gasteiger partial charge in [0.2, 0.25) is 0 Å². The van der Waals surface area contributed by atoms with E-state index in [-0.39, 0.29) is 0 Å². The van der Waals surface area contributed by atoms with Crippen LogP contribution in [0.25, 0.3) is 22.2 Å². The third-order valence-electron chi connectivity index (χ3n) is 3.16. The number of rotatable bonds is 3. The summed E-state index contributed by atoms with van der Waals surface area (Å²) in [7, 11) is 1.92. The molecule has 0 fully saturated rings. The molecule has 0 N–H and O–H groups in total. The first-order valence-electron chi connectivity index (χ1n) is 6.59. The molecule has 0 amide bonds. The number of anilines is 1. The van der Waals surface area contributed by atoms with Gasteiger partial charge in [-0.05, 0) is 30.2 Å². The minimum atomic E-state index is 0.600. The predicted molar refractivity (Wildman–Crippen MR) is 82.7 cm³/mol. The molecule has 3 rings (SSSR count). The Morgan fingerprint density at radius 3 is 2.60 bits per heavy atom. The maximum atomic E-state index is 5.74. The number of nitrogens with zero attached hydrogens (tertiary/aromatic N) is 2. The van der Waals surface area contributed by atoms with Gasteiger partial charge in [-0.25, -0.2) is 0 Å². The molecule has 0 aliphatic carbocycles. The maximum absolute atomic E-state index is 5.74. The molecule has 0 aliphatic heterocycles. The van der Waals surface area contributed by atoms with Gasteiger partial charge in [-0.1, -0.05) is 42.5 Å². The van der Waals surface area contributed by atoms with E-state index in [1.807, 2.05) is 55.4 Å². The van der Waals surface area contributed by atoms with Gasteiger partial charge in [0.25, 0.3) is 0 Å². The number of oxazole rings is 1. The molecule has 0 radical (unpaired) electrons. The topological polar surface area (TPSA) is 29.3 Å². The van der Waals surface area contributed by atoms with Gasteiger partial charge < -0.3 is 9.32 Å². The van der Waals surface area contributed by atoms with Crippen molar-refractivity contribution >= 4 is 17.1 Å². The van der Waals surface area contributed by atoms with Crippen LogP contribution in [0.15, 0.2) is 65.2 Å². The van der Waals surface area contributed by atoms with Gasteiger partial charge in [-0.3, -0.25) is 0 Å². The number of hydrogen-bond donors (Lipinski definition) is 0. The van der Waals surface area contributed by atoms with Gasteiger partial charge in [0.15, 0.2) is 5.58 Å². The Kier molecular flexibility index (Phi) is 3.25. The Balaban J connectivity index is 2.04. The summed E-state index contributed by atoms with van der Waals surface area (Å²) in [5.74, 6) is 0. The SMILES string of the molecule is C/C=C\N(C)c1nc2cc(-c3ccccc3)ccc2o1. The Bertz CT molecular complexity index is 744. The first-order chi connectivity index (χ1) is 9.78. The summed E-state index contributed by atoms with van der Waals surface area (Å²) >= 11 is 0. The summed E-state index contributed by atoms with van der Waals surface area (Å²) in [5.41, 5.74) is 4.00. The Labute approximate surface area is 118 Å². The molecule has 0 unspecified atom stereocenters. The highest BCUT2D eigenvalue weighted by molar-refractivity contribution is 5.81. The van der Waals surface area contributed by atoms with E-state index < -0.39 is 0 Å². The van der Waals surface area contributed by atoms with Gasteiger partial charge >= 0.3 is 6.01 Å². The molecule has 3 heteroatoms.